The third kappa shape index (κ3) is 4.77. The first-order valence-electron chi connectivity index (χ1n) is 17.9. The van der Waals surface area contributed by atoms with Crippen LogP contribution in [0.5, 0.6) is 0 Å². The lowest BCUT2D eigenvalue weighted by atomic mass is 9.88. The number of nitrogens with zero attached hydrogens (tertiary/aromatic N) is 1. The number of fused-ring (bicyclic) bond motifs is 5. The zero-order valence-corrected chi connectivity index (χ0v) is 29.0. The van der Waals surface area contributed by atoms with Crippen LogP contribution in [0.2, 0.25) is 0 Å². The lowest BCUT2D eigenvalue weighted by Crippen LogP contribution is -1.89. The Hall–Kier alpha value is -6.75. The molecule has 0 bridgehead atoms. The predicted molar refractivity (Wildman–Crippen MR) is 219 cm³/mol. The van der Waals surface area contributed by atoms with Crippen LogP contribution in [0.25, 0.3) is 99.1 Å². The number of aryl methyl sites for hydroxylation is 2. The van der Waals surface area contributed by atoms with Crippen LogP contribution in [0.4, 0.5) is 0 Å². The van der Waals surface area contributed by atoms with Gasteiger partial charge in [0.2, 0.25) is 0 Å². The molecule has 0 aromatic heterocycles. The molecule has 0 atom stereocenters. The van der Waals surface area contributed by atoms with Crippen molar-refractivity contribution in [2.75, 3.05) is 0 Å². The van der Waals surface area contributed by atoms with Gasteiger partial charge in [0.1, 0.15) is 0 Å². The van der Waals surface area contributed by atoms with Gasteiger partial charge in [0.25, 0.3) is 0 Å². The lowest BCUT2D eigenvalue weighted by Gasteiger charge is -2.15. The van der Waals surface area contributed by atoms with Gasteiger partial charge in [-0.1, -0.05) is 139 Å². The quantitative estimate of drug-likeness (QED) is 0.184. The summed E-state index contributed by atoms with van der Waals surface area (Å²) in [6.07, 6.45) is 0. The van der Waals surface area contributed by atoms with E-state index in [0.717, 1.165) is 11.1 Å². The second kappa shape index (κ2) is 11.7. The van der Waals surface area contributed by atoms with E-state index >= 15 is 0 Å². The average molecular weight is 660 g/mol. The second-order valence-electron chi connectivity index (χ2n) is 14.2. The van der Waals surface area contributed by atoms with Crippen molar-refractivity contribution >= 4 is 32.3 Å². The largest absolute Gasteiger partial charge is 0.192 e. The van der Waals surface area contributed by atoms with Crippen molar-refractivity contribution in [3.8, 4) is 72.8 Å². The maximum atomic E-state index is 9.21. The molecular weight excluding hydrogens is 627 g/mol. The number of benzene rings is 9. The standard InChI is InChI=1S/C51H33N/c1-31-6-12-35(13-7-31)41-22-23-42(36-14-8-32(2)9-15-36)48-29-50-46-25-24-43(44-4-3-5-45(51(44)46)49(50)28-47(41)48)40-21-20-38-26-37(18-19-39(38)27-40)34-16-10-33(30-52)11-17-34/h3-29H,1-2H3. The SMILES string of the molecule is Cc1ccc(-c2ccc(-c3ccc(C)cc3)c3cc4c(cc23)-c2cccc3c(-c5ccc6cc(-c7ccc(C#N)cc7)ccc6c5)ccc-4c23)cc1. The number of hydrogen-bond acceptors (Lipinski definition) is 1. The van der Waals surface area contributed by atoms with Crippen LogP contribution < -0.4 is 0 Å². The van der Waals surface area contributed by atoms with E-state index in [1.165, 1.54) is 99.1 Å². The minimum Gasteiger partial charge on any atom is -0.192 e. The van der Waals surface area contributed by atoms with E-state index in [2.05, 4.69) is 159 Å². The summed E-state index contributed by atoms with van der Waals surface area (Å²) in [5, 5.41) is 16.8. The van der Waals surface area contributed by atoms with Crippen LogP contribution in [-0.4, -0.2) is 0 Å². The minimum atomic E-state index is 0.676. The summed E-state index contributed by atoms with van der Waals surface area (Å²) in [4.78, 5) is 0. The van der Waals surface area contributed by atoms with Gasteiger partial charge in [-0.3, -0.25) is 0 Å². The molecule has 9 aromatic rings. The van der Waals surface area contributed by atoms with Crippen molar-refractivity contribution in [3.63, 3.8) is 0 Å². The van der Waals surface area contributed by atoms with Crippen molar-refractivity contribution in [1.29, 1.82) is 5.26 Å². The number of rotatable bonds is 4. The number of nitriles is 1. The van der Waals surface area contributed by atoms with Gasteiger partial charge in [-0.15, -0.1) is 0 Å². The van der Waals surface area contributed by atoms with Crippen LogP contribution >= 0.6 is 0 Å². The first-order chi connectivity index (χ1) is 25.5. The summed E-state index contributed by atoms with van der Waals surface area (Å²) in [7, 11) is 0. The maximum Gasteiger partial charge on any atom is 0.0991 e. The van der Waals surface area contributed by atoms with E-state index < -0.39 is 0 Å². The first-order valence-corrected chi connectivity index (χ1v) is 17.9. The Labute approximate surface area is 303 Å². The molecule has 242 valence electrons. The van der Waals surface area contributed by atoms with Crippen molar-refractivity contribution in [3.05, 3.63) is 180 Å². The third-order valence-electron chi connectivity index (χ3n) is 11.0. The molecule has 0 saturated heterocycles. The van der Waals surface area contributed by atoms with Crippen LogP contribution in [0.15, 0.2) is 164 Å². The molecule has 0 fully saturated rings. The van der Waals surface area contributed by atoms with Crippen LogP contribution in [0.3, 0.4) is 0 Å². The Balaban J connectivity index is 1.13. The fourth-order valence-corrected chi connectivity index (χ4v) is 8.24. The monoisotopic (exact) mass is 659 g/mol. The summed E-state index contributed by atoms with van der Waals surface area (Å²) < 4.78 is 0. The van der Waals surface area contributed by atoms with Gasteiger partial charge in [-0.25, -0.2) is 0 Å². The van der Waals surface area contributed by atoms with E-state index in [1.807, 2.05) is 24.3 Å². The molecule has 1 nitrogen and oxygen atoms in total. The van der Waals surface area contributed by atoms with E-state index in [9.17, 15) is 5.26 Å². The Morgan fingerprint density at radius 3 is 1.38 bits per heavy atom. The highest BCUT2D eigenvalue weighted by molar-refractivity contribution is 6.22. The lowest BCUT2D eigenvalue weighted by molar-refractivity contribution is 1.47. The normalized spacial score (nSPS) is 11.6. The highest BCUT2D eigenvalue weighted by atomic mass is 14.3. The Morgan fingerprint density at radius 1 is 0.346 bits per heavy atom. The Morgan fingerprint density at radius 2 is 0.808 bits per heavy atom. The van der Waals surface area contributed by atoms with Crippen molar-refractivity contribution < 1.29 is 0 Å². The molecule has 0 N–H and O–H groups in total. The highest BCUT2D eigenvalue weighted by Gasteiger charge is 2.25. The van der Waals surface area contributed by atoms with Gasteiger partial charge in [0, 0.05) is 0 Å². The van der Waals surface area contributed by atoms with Crippen LogP contribution in [-0.2, 0) is 0 Å². The summed E-state index contributed by atoms with van der Waals surface area (Å²) in [5.74, 6) is 0. The molecule has 1 aliphatic carbocycles. The molecule has 0 saturated carbocycles. The summed E-state index contributed by atoms with van der Waals surface area (Å²) in [6, 6.07) is 62.3. The molecular formula is C51H33N. The van der Waals surface area contributed by atoms with E-state index in [0.29, 0.717) is 5.56 Å². The summed E-state index contributed by atoms with van der Waals surface area (Å²) in [6.45, 7) is 4.29. The zero-order valence-electron chi connectivity index (χ0n) is 29.0. The molecule has 0 radical (unpaired) electrons. The highest BCUT2D eigenvalue weighted by Crippen LogP contribution is 2.52. The van der Waals surface area contributed by atoms with Gasteiger partial charge in [0.15, 0.2) is 0 Å². The molecule has 0 amide bonds. The predicted octanol–water partition coefficient (Wildman–Crippen LogP) is 14.0. The van der Waals surface area contributed by atoms with Gasteiger partial charge in [-0.2, -0.15) is 5.26 Å². The molecule has 52 heavy (non-hydrogen) atoms. The van der Waals surface area contributed by atoms with E-state index in [1.54, 1.807) is 0 Å². The fraction of sp³-hybridized carbons (Fsp3) is 0.0392. The summed E-state index contributed by atoms with van der Waals surface area (Å²) >= 11 is 0. The second-order valence-corrected chi connectivity index (χ2v) is 14.2. The molecule has 0 heterocycles. The van der Waals surface area contributed by atoms with Gasteiger partial charge in [0.05, 0.1) is 11.6 Å². The average Bonchev–Trinajstić information content (AvgIpc) is 3.51. The third-order valence-corrected chi connectivity index (χ3v) is 11.0. The van der Waals surface area contributed by atoms with Crippen LogP contribution in [0.1, 0.15) is 16.7 Å². The Bertz CT molecular complexity index is 2840. The molecule has 0 aliphatic heterocycles. The zero-order chi connectivity index (χ0) is 34.9. The van der Waals surface area contributed by atoms with Gasteiger partial charge < -0.3 is 0 Å². The van der Waals surface area contributed by atoms with E-state index in [4.69, 9.17) is 0 Å². The topological polar surface area (TPSA) is 23.8 Å². The van der Waals surface area contributed by atoms with Gasteiger partial charge >= 0.3 is 0 Å². The molecule has 1 aliphatic rings. The van der Waals surface area contributed by atoms with Crippen LogP contribution in [0, 0.1) is 25.2 Å². The smallest absolute Gasteiger partial charge is 0.0991 e. The molecule has 0 spiro atoms. The number of hydrogen-bond donors (Lipinski definition) is 0. The Kier molecular flexibility index (Phi) is 6.75. The van der Waals surface area contributed by atoms with Crippen molar-refractivity contribution in [1.82, 2.24) is 0 Å². The molecule has 0 unspecified atom stereocenters. The minimum absolute atomic E-state index is 0.676. The van der Waals surface area contributed by atoms with Gasteiger partial charge in [-0.05, 0) is 149 Å². The first kappa shape index (κ1) is 30.1. The van der Waals surface area contributed by atoms with E-state index in [-0.39, 0.29) is 0 Å². The summed E-state index contributed by atoms with van der Waals surface area (Å²) in [5.41, 5.74) is 18.1. The fourth-order valence-electron chi connectivity index (χ4n) is 8.24. The van der Waals surface area contributed by atoms with Crippen molar-refractivity contribution in [2.24, 2.45) is 0 Å². The molecule has 1 heteroatoms. The maximum absolute atomic E-state index is 9.21. The van der Waals surface area contributed by atoms with Crippen molar-refractivity contribution in [2.45, 2.75) is 13.8 Å². The molecule has 10 rings (SSSR count). The molecule has 9 aromatic carbocycles.